The summed E-state index contributed by atoms with van der Waals surface area (Å²) >= 11 is 12.3. The van der Waals surface area contributed by atoms with Gasteiger partial charge in [-0.2, -0.15) is 0 Å². The second-order valence-corrected chi connectivity index (χ2v) is 5.12. The largest absolute Gasteiger partial charge is 0.252 e. The molecule has 3 heteroatoms. The molecule has 0 spiro atoms. The number of benzene rings is 1. The zero-order valence-electron chi connectivity index (χ0n) is 9.51. The summed E-state index contributed by atoms with van der Waals surface area (Å²) in [4.78, 5) is 4.57. The minimum Gasteiger partial charge on any atom is -0.252 e. The van der Waals surface area contributed by atoms with Crippen LogP contribution in [0.3, 0.4) is 0 Å². The van der Waals surface area contributed by atoms with E-state index in [1.165, 1.54) is 0 Å². The number of hydrogen-bond acceptors (Lipinski definition) is 1. The van der Waals surface area contributed by atoms with Gasteiger partial charge in [-0.3, -0.25) is 4.98 Å². The van der Waals surface area contributed by atoms with Gasteiger partial charge in [-0.15, -0.1) is 0 Å². The lowest BCUT2D eigenvalue weighted by atomic mass is 10.1. The number of pyridine rings is 1. The average molecular weight is 254 g/mol. The van der Waals surface area contributed by atoms with Gasteiger partial charge in [-0.1, -0.05) is 37.0 Å². The van der Waals surface area contributed by atoms with Crippen LogP contribution in [-0.4, -0.2) is 4.98 Å². The van der Waals surface area contributed by atoms with Crippen molar-refractivity contribution >= 4 is 34.1 Å². The lowest BCUT2D eigenvalue weighted by Gasteiger charge is -2.09. The maximum atomic E-state index is 6.25. The van der Waals surface area contributed by atoms with Crippen molar-refractivity contribution in [2.45, 2.75) is 26.7 Å². The summed E-state index contributed by atoms with van der Waals surface area (Å²) in [6, 6.07) is 5.79. The van der Waals surface area contributed by atoms with Gasteiger partial charge in [0.1, 0.15) is 0 Å². The maximum absolute atomic E-state index is 6.25. The van der Waals surface area contributed by atoms with E-state index in [1.54, 1.807) is 0 Å². The molecular formula is C13H13Cl2N. The molecule has 1 aromatic carbocycles. The molecule has 0 amide bonds. The van der Waals surface area contributed by atoms with Crippen LogP contribution in [-0.2, 0) is 0 Å². The molecule has 0 aliphatic heterocycles. The standard InChI is InChI=1S/C13H13Cl2N/c1-7(2)12-6-11(15)9-4-8(3)10(14)5-13(9)16-12/h4-7H,1-3H3. The highest BCUT2D eigenvalue weighted by Crippen LogP contribution is 2.29. The van der Waals surface area contributed by atoms with E-state index in [4.69, 9.17) is 23.2 Å². The van der Waals surface area contributed by atoms with Crippen molar-refractivity contribution in [2.24, 2.45) is 0 Å². The summed E-state index contributed by atoms with van der Waals surface area (Å²) in [7, 11) is 0. The fourth-order valence-electron chi connectivity index (χ4n) is 1.63. The molecule has 0 aliphatic rings. The molecule has 84 valence electrons. The number of fused-ring (bicyclic) bond motifs is 1. The fourth-order valence-corrected chi connectivity index (χ4v) is 2.05. The minimum absolute atomic E-state index is 0.363. The molecule has 0 bridgehead atoms. The molecule has 0 saturated heterocycles. The van der Waals surface area contributed by atoms with Gasteiger partial charge in [0, 0.05) is 16.1 Å². The zero-order chi connectivity index (χ0) is 11.9. The monoisotopic (exact) mass is 253 g/mol. The lowest BCUT2D eigenvalue weighted by Crippen LogP contribution is -1.94. The van der Waals surface area contributed by atoms with Gasteiger partial charge in [0.2, 0.25) is 0 Å². The number of halogens is 2. The highest BCUT2D eigenvalue weighted by molar-refractivity contribution is 6.36. The Morgan fingerprint density at radius 1 is 1.06 bits per heavy atom. The Morgan fingerprint density at radius 3 is 2.38 bits per heavy atom. The first-order valence-electron chi connectivity index (χ1n) is 5.25. The molecule has 0 saturated carbocycles. The van der Waals surface area contributed by atoms with Crippen molar-refractivity contribution in [3.8, 4) is 0 Å². The van der Waals surface area contributed by atoms with Crippen molar-refractivity contribution in [3.63, 3.8) is 0 Å². The first-order valence-corrected chi connectivity index (χ1v) is 6.01. The molecular weight excluding hydrogens is 241 g/mol. The Morgan fingerprint density at radius 2 is 1.75 bits per heavy atom. The van der Waals surface area contributed by atoms with E-state index in [1.807, 2.05) is 25.1 Å². The van der Waals surface area contributed by atoms with Crippen molar-refractivity contribution in [1.82, 2.24) is 4.98 Å². The zero-order valence-corrected chi connectivity index (χ0v) is 11.0. The molecule has 1 heterocycles. The van der Waals surface area contributed by atoms with E-state index in [0.29, 0.717) is 5.92 Å². The molecule has 0 atom stereocenters. The highest BCUT2D eigenvalue weighted by Gasteiger charge is 2.08. The van der Waals surface area contributed by atoms with Gasteiger partial charge in [-0.25, -0.2) is 0 Å². The summed E-state index contributed by atoms with van der Waals surface area (Å²) < 4.78 is 0. The molecule has 2 rings (SSSR count). The first kappa shape index (κ1) is 11.7. The fraction of sp³-hybridized carbons (Fsp3) is 0.308. The van der Waals surface area contributed by atoms with Crippen molar-refractivity contribution < 1.29 is 0 Å². The van der Waals surface area contributed by atoms with Crippen LogP contribution in [0, 0.1) is 6.92 Å². The minimum atomic E-state index is 0.363. The van der Waals surface area contributed by atoms with Crippen LogP contribution in [0.4, 0.5) is 0 Å². The van der Waals surface area contributed by atoms with E-state index in [0.717, 1.165) is 32.2 Å². The van der Waals surface area contributed by atoms with E-state index in [9.17, 15) is 0 Å². The van der Waals surface area contributed by atoms with Crippen LogP contribution in [0.25, 0.3) is 10.9 Å². The number of rotatable bonds is 1. The Bertz CT molecular complexity index is 547. The van der Waals surface area contributed by atoms with Gasteiger partial charge in [0.15, 0.2) is 0 Å². The number of hydrogen-bond donors (Lipinski definition) is 0. The molecule has 0 N–H and O–H groups in total. The van der Waals surface area contributed by atoms with Gasteiger partial charge in [-0.05, 0) is 36.6 Å². The van der Waals surface area contributed by atoms with Crippen LogP contribution >= 0.6 is 23.2 Å². The SMILES string of the molecule is Cc1cc2c(Cl)cc(C(C)C)nc2cc1Cl. The van der Waals surface area contributed by atoms with Gasteiger partial charge in [0.25, 0.3) is 0 Å². The molecule has 2 aromatic rings. The first-order chi connectivity index (χ1) is 7.49. The average Bonchev–Trinajstić information content (AvgIpc) is 2.20. The Kier molecular flexibility index (Phi) is 3.09. The predicted octanol–water partition coefficient (Wildman–Crippen LogP) is 4.97. The smallest absolute Gasteiger partial charge is 0.0735 e. The van der Waals surface area contributed by atoms with Gasteiger partial charge >= 0.3 is 0 Å². The van der Waals surface area contributed by atoms with Crippen LogP contribution < -0.4 is 0 Å². The Hall–Kier alpha value is -0.790. The predicted molar refractivity (Wildman–Crippen MR) is 70.6 cm³/mol. The number of aromatic nitrogens is 1. The maximum Gasteiger partial charge on any atom is 0.0735 e. The van der Waals surface area contributed by atoms with E-state index < -0.39 is 0 Å². The van der Waals surface area contributed by atoms with Crippen LogP contribution in [0.2, 0.25) is 10.0 Å². The Balaban J connectivity index is 2.77. The van der Waals surface area contributed by atoms with Gasteiger partial charge < -0.3 is 0 Å². The summed E-state index contributed by atoms with van der Waals surface area (Å²) in [6.45, 7) is 6.16. The lowest BCUT2D eigenvalue weighted by molar-refractivity contribution is 0.830. The van der Waals surface area contributed by atoms with Crippen molar-refractivity contribution in [2.75, 3.05) is 0 Å². The summed E-state index contributed by atoms with van der Waals surface area (Å²) in [6.07, 6.45) is 0. The van der Waals surface area contributed by atoms with E-state index in [2.05, 4.69) is 18.8 Å². The van der Waals surface area contributed by atoms with Crippen LogP contribution in [0.5, 0.6) is 0 Å². The summed E-state index contributed by atoms with van der Waals surface area (Å²) in [5.41, 5.74) is 2.89. The molecule has 0 radical (unpaired) electrons. The molecule has 0 aliphatic carbocycles. The number of aryl methyl sites for hydroxylation is 1. The molecule has 0 unspecified atom stereocenters. The molecule has 1 nitrogen and oxygen atoms in total. The third-order valence-electron chi connectivity index (χ3n) is 2.65. The normalized spacial score (nSPS) is 11.4. The summed E-state index contributed by atoms with van der Waals surface area (Å²) in [5, 5.41) is 2.44. The topological polar surface area (TPSA) is 12.9 Å². The van der Waals surface area contributed by atoms with E-state index >= 15 is 0 Å². The van der Waals surface area contributed by atoms with Gasteiger partial charge in [0.05, 0.1) is 10.5 Å². The molecule has 16 heavy (non-hydrogen) atoms. The highest BCUT2D eigenvalue weighted by atomic mass is 35.5. The quantitative estimate of drug-likeness (QED) is 0.699. The third-order valence-corrected chi connectivity index (χ3v) is 3.37. The van der Waals surface area contributed by atoms with Crippen LogP contribution in [0.1, 0.15) is 31.0 Å². The second kappa shape index (κ2) is 4.23. The Labute approximate surface area is 105 Å². The summed E-state index contributed by atoms with van der Waals surface area (Å²) in [5.74, 6) is 0.363. The van der Waals surface area contributed by atoms with Crippen molar-refractivity contribution in [3.05, 3.63) is 39.5 Å². The third kappa shape index (κ3) is 2.02. The van der Waals surface area contributed by atoms with E-state index in [-0.39, 0.29) is 0 Å². The second-order valence-electron chi connectivity index (χ2n) is 4.30. The molecule has 1 aromatic heterocycles. The number of nitrogens with zero attached hydrogens (tertiary/aromatic N) is 1. The van der Waals surface area contributed by atoms with Crippen molar-refractivity contribution in [1.29, 1.82) is 0 Å². The van der Waals surface area contributed by atoms with Crippen LogP contribution in [0.15, 0.2) is 18.2 Å². The molecule has 0 fully saturated rings.